The summed E-state index contributed by atoms with van der Waals surface area (Å²) in [6.45, 7) is 4.05. The third kappa shape index (κ3) is 2.84. The Hall–Kier alpha value is -1.08. The molecule has 1 saturated carbocycles. The predicted octanol–water partition coefficient (Wildman–Crippen LogP) is 4.53. The molecule has 1 heteroatoms. The van der Waals surface area contributed by atoms with E-state index in [1.165, 1.54) is 37.7 Å². The van der Waals surface area contributed by atoms with E-state index in [0.29, 0.717) is 6.04 Å². The Morgan fingerprint density at radius 2 is 1.72 bits per heavy atom. The Morgan fingerprint density at radius 3 is 2.28 bits per heavy atom. The summed E-state index contributed by atoms with van der Waals surface area (Å²) >= 11 is 0. The van der Waals surface area contributed by atoms with Crippen LogP contribution in [0.5, 0.6) is 0 Å². The van der Waals surface area contributed by atoms with Gasteiger partial charge in [-0.2, -0.15) is 0 Å². The van der Waals surface area contributed by atoms with E-state index >= 15 is 0 Å². The van der Waals surface area contributed by atoms with Crippen molar-refractivity contribution in [2.75, 3.05) is 14.1 Å². The monoisotopic (exact) mass is 244 g/mol. The summed E-state index contributed by atoms with van der Waals surface area (Å²) < 4.78 is 0.884. The molecule has 98 valence electrons. The van der Waals surface area contributed by atoms with Gasteiger partial charge in [-0.15, -0.1) is 0 Å². The van der Waals surface area contributed by atoms with Gasteiger partial charge in [0.1, 0.15) is 6.04 Å². The van der Waals surface area contributed by atoms with Gasteiger partial charge in [0.05, 0.1) is 20.3 Å². The van der Waals surface area contributed by atoms with E-state index in [4.69, 9.17) is 0 Å². The minimum absolute atomic E-state index is 0.559. The van der Waals surface area contributed by atoms with Crippen molar-refractivity contribution in [2.24, 2.45) is 5.92 Å². The molecule has 1 aromatic carbocycles. The minimum Gasteiger partial charge on any atom is -0.296 e. The summed E-state index contributed by atoms with van der Waals surface area (Å²) in [6, 6.07) is 11.5. The highest BCUT2D eigenvalue weighted by Gasteiger charge is 2.35. The summed E-state index contributed by atoms with van der Waals surface area (Å²) in [5.74, 6) is 0.800. The molecule has 0 spiro atoms. The Balaban J connectivity index is 2.31. The zero-order valence-corrected chi connectivity index (χ0v) is 11.8. The second kappa shape index (κ2) is 5.71. The van der Waals surface area contributed by atoms with Gasteiger partial charge >= 0.3 is 0 Å². The standard InChI is InChI=1S/C17H26N/c1-4-18(2,3)17(15-11-7-5-8-12-15)16-13-9-6-10-14-16/h4-5,7-8,11-12,16-17H,1,6,9-10,13-14H2,2-3H3/q+1. The van der Waals surface area contributed by atoms with Gasteiger partial charge in [-0.25, -0.2) is 0 Å². The molecule has 0 amide bonds. The van der Waals surface area contributed by atoms with Crippen molar-refractivity contribution >= 4 is 0 Å². The number of quaternary nitrogens is 1. The maximum absolute atomic E-state index is 4.05. The Morgan fingerprint density at radius 1 is 1.11 bits per heavy atom. The van der Waals surface area contributed by atoms with Crippen molar-refractivity contribution in [2.45, 2.75) is 38.1 Å². The number of hydrogen-bond acceptors (Lipinski definition) is 0. The smallest absolute Gasteiger partial charge is 0.121 e. The lowest BCUT2D eigenvalue weighted by molar-refractivity contribution is -0.876. The highest BCUT2D eigenvalue weighted by molar-refractivity contribution is 5.18. The molecule has 1 aromatic rings. The first-order valence-electron chi connectivity index (χ1n) is 7.17. The molecule has 1 aliphatic carbocycles. The molecular weight excluding hydrogens is 218 g/mol. The van der Waals surface area contributed by atoms with Crippen LogP contribution in [0.2, 0.25) is 0 Å². The van der Waals surface area contributed by atoms with Crippen molar-refractivity contribution in [3.8, 4) is 0 Å². The van der Waals surface area contributed by atoms with Crippen molar-refractivity contribution in [1.82, 2.24) is 0 Å². The highest BCUT2D eigenvalue weighted by Crippen LogP contribution is 2.40. The summed E-state index contributed by atoms with van der Waals surface area (Å²) in [7, 11) is 4.55. The van der Waals surface area contributed by atoms with Gasteiger partial charge in [0.25, 0.3) is 0 Å². The molecule has 1 atom stereocenters. The largest absolute Gasteiger partial charge is 0.296 e. The zero-order chi connectivity index (χ0) is 13.0. The van der Waals surface area contributed by atoms with Crippen molar-refractivity contribution in [3.05, 3.63) is 48.7 Å². The first-order valence-corrected chi connectivity index (χ1v) is 7.17. The molecule has 0 aromatic heterocycles. The summed E-state index contributed by atoms with van der Waals surface area (Å²) in [5.41, 5.74) is 1.47. The van der Waals surface area contributed by atoms with Crippen LogP contribution in [0.3, 0.4) is 0 Å². The highest BCUT2D eigenvalue weighted by atomic mass is 15.3. The normalized spacial score (nSPS) is 19.4. The first kappa shape index (κ1) is 13.4. The van der Waals surface area contributed by atoms with E-state index < -0.39 is 0 Å². The fourth-order valence-corrected chi connectivity index (χ4v) is 3.41. The summed E-state index contributed by atoms with van der Waals surface area (Å²) in [4.78, 5) is 0. The third-order valence-corrected chi connectivity index (χ3v) is 4.42. The van der Waals surface area contributed by atoms with Gasteiger partial charge in [0.2, 0.25) is 0 Å². The van der Waals surface area contributed by atoms with Gasteiger partial charge in [-0.05, 0) is 19.4 Å². The lowest BCUT2D eigenvalue weighted by atomic mass is 9.80. The summed E-state index contributed by atoms with van der Waals surface area (Å²) in [5, 5.41) is 0. The lowest BCUT2D eigenvalue weighted by Crippen LogP contribution is -2.42. The van der Waals surface area contributed by atoms with Crippen molar-refractivity contribution in [1.29, 1.82) is 0 Å². The molecule has 0 heterocycles. The van der Waals surface area contributed by atoms with Crippen molar-refractivity contribution in [3.63, 3.8) is 0 Å². The van der Waals surface area contributed by atoms with Crippen LogP contribution in [0, 0.1) is 5.92 Å². The van der Waals surface area contributed by atoms with E-state index in [9.17, 15) is 0 Å². The van der Waals surface area contributed by atoms with E-state index in [1.807, 2.05) is 0 Å². The van der Waals surface area contributed by atoms with Crippen LogP contribution in [-0.4, -0.2) is 18.6 Å². The first-order chi connectivity index (χ1) is 8.65. The van der Waals surface area contributed by atoms with Crippen LogP contribution in [0.1, 0.15) is 43.7 Å². The molecule has 1 unspecified atom stereocenters. The maximum Gasteiger partial charge on any atom is 0.121 e. The molecule has 0 N–H and O–H groups in total. The second-order valence-electron chi connectivity index (χ2n) is 6.07. The van der Waals surface area contributed by atoms with E-state index in [-0.39, 0.29) is 0 Å². The van der Waals surface area contributed by atoms with Gasteiger partial charge in [-0.3, -0.25) is 4.48 Å². The Bertz CT molecular complexity index is 374. The third-order valence-electron chi connectivity index (χ3n) is 4.42. The van der Waals surface area contributed by atoms with E-state index in [0.717, 1.165) is 10.4 Å². The van der Waals surface area contributed by atoms with Gasteiger partial charge in [-0.1, -0.05) is 49.6 Å². The molecule has 1 nitrogen and oxygen atoms in total. The average Bonchev–Trinajstić information content (AvgIpc) is 2.41. The van der Waals surface area contributed by atoms with Crippen LogP contribution >= 0.6 is 0 Å². The lowest BCUT2D eigenvalue weighted by Gasteiger charge is -2.41. The molecule has 0 aliphatic heterocycles. The van der Waals surface area contributed by atoms with Gasteiger partial charge in [0, 0.05) is 11.5 Å². The number of nitrogens with zero attached hydrogens (tertiary/aromatic N) is 1. The topological polar surface area (TPSA) is 0 Å². The molecular formula is C17H26N+. The molecule has 0 bridgehead atoms. The average molecular weight is 244 g/mol. The molecule has 2 rings (SSSR count). The molecule has 18 heavy (non-hydrogen) atoms. The minimum atomic E-state index is 0.559. The van der Waals surface area contributed by atoms with Crippen molar-refractivity contribution < 1.29 is 4.48 Å². The van der Waals surface area contributed by atoms with Crippen LogP contribution in [-0.2, 0) is 0 Å². The van der Waals surface area contributed by atoms with Crippen LogP contribution in [0.4, 0.5) is 0 Å². The zero-order valence-electron chi connectivity index (χ0n) is 11.8. The molecule has 0 saturated heterocycles. The van der Waals surface area contributed by atoms with Crippen LogP contribution in [0.15, 0.2) is 43.1 Å². The Kier molecular flexibility index (Phi) is 4.23. The van der Waals surface area contributed by atoms with E-state index in [2.05, 4.69) is 57.2 Å². The number of rotatable bonds is 4. The number of hydrogen-bond donors (Lipinski definition) is 0. The maximum atomic E-state index is 4.05. The second-order valence-corrected chi connectivity index (χ2v) is 6.07. The Labute approximate surface area is 112 Å². The fraction of sp³-hybridized carbons (Fsp3) is 0.529. The van der Waals surface area contributed by atoms with E-state index in [1.54, 1.807) is 0 Å². The number of benzene rings is 1. The fourth-order valence-electron chi connectivity index (χ4n) is 3.41. The summed E-state index contributed by atoms with van der Waals surface area (Å²) in [6.07, 6.45) is 9.03. The molecule has 1 fully saturated rings. The molecule has 0 radical (unpaired) electrons. The molecule has 1 aliphatic rings. The van der Waals surface area contributed by atoms with Crippen LogP contribution < -0.4 is 0 Å². The van der Waals surface area contributed by atoms with Crippen LogP contribution in [0.25, 0.3) is 0 Å². The SMILES string of the molecule is C=C[N+](C)(C)C(c1ccccc1)C1CCCCC1. The quantitative estimate of drug-likeness (QED) is 0.683. The van der Waals surface area contributed by atoms with Gasteiger partial charge < -0.3 is 0 Å². The predicted molar refractivity (Wildman–Crippen MR) is 78.1 cm³/mol. The van der Waals surface area contributed by atoms with Gasteiger partial charge in [0.15, 0.2) is 0 Å².